The zero-order chi connectivity index (χ0) is 15.2. The molecule has 2 aromatic rings. The van der Waals surface area contributed by atoms with Gasteiger partial charge < -0.3 is 5.32 Å². The van der Waals surface area contributed by atoms with E-state index in [1.807, 2.05) is 11.7 Å². The summed E-state index contributed by atoms with van der Waals surface area (Å²) in [6, 6.07) is 11.4. The molecule has 1 aromatic heterocycles. The van der Waals surface area contributed by atoms with Crippen LogP contribution < -0.4 is 5.32 Å². The number of nitrogens with one attached hydrogen (secondary N) is 1. The molecule has 3 heteroatoms. The summed E-state index contributed by atoms with van der Waals surface area (Å²) in [5, 5.41) is 8.23. The second-order valence-corrected chi connectivity index (χ2v) is 5.73. The molecule has 2 rings (SSSR count). The molecule has 0 radical (unpaired) electrons. The lowest BCUT2D eigenvalue weighted by Gasteiger charge is -2.19. The molecule has 0 aliphatic rings. The average molecular weight is 285 g/mol. The Morgan fingerprint density at radius 3 is 2.48 bits per heavy atom. The lowest BCUT2D eigenvalue weighted by Crippen LogP contribution is -2.25. The SMILES string of the molecule is CCCNC(Cc1cc(CC)nn1C)c1ccc(C)cc1. The van der Waals surface area contributed by atoms with Gasteiger partial charge in [-0.05, 0) is 37.9 Å². The minimum Gasteiger partial charge on any atom is -0.310 e. The quantitative estimate of drug-likeness (QED) is 0.843. The van der Waals surface area contributed by atoms with Gasteiger partial charge in [0.05, 0.1) is 5.69 Å². The van der Waals surface area contributed by atoms with Gasteiger partial charge in [0.1, 0.15) is 0 Å². The highest BCUT2D eigenvalue weighted by Gasteiger charge is 2.14. The molecule has 1 heterocycles. The summed E-state index contributed by atoms with van der Waals surface area (Å²) in [5.74, 6) is 0. The van der Waals surface area contributed by atoms with Crippen molar-refractivity contribution < 1.29 is 0 Å². The molecule has 0 bridgehead atoms. The molecular weight excluding hydrogens is 258 g/mol. The maximum absolute atomic E-state index is 4.56. The molecule has 0 aliphatic heterocycles. The Morgan fingerprint density at radius 1 is 1.19 bits per heavy atom. The highest BCUT2D eigenvalue weighted by molar-refractivity contribution is 5.26. The number of rotatable bonds is 7. The Hall–Kier alpha value is -1.61. The molecule has 114 valence electrons. The summed E-state index contributed by atoms with van der Waals surface area (Å²) in [6.07, 6.45) is 3.12. The van der Waals surface area contributed by atoms with Crippen LogP contribution in [0.25, 0.3) is 0 Å². The third-order valence-electron chi connectivity index (χ3n) is 3.92. The Labute approximate surface area is 128 Å². The molecular formula is C18H27N3. The van der Waals surface area contributed by atoms with Crippen LogP contribution in [0.1, 0.15) is 48.8 Å². The van der Waals surface area contributed by atoms with E-state index < -0.39 is 0 Å². The van der Waals surface area contributed by atoms with Crippen molar-refractivity contribution in [3.05, 3.63) is 52.8 Å². The fourth-order valence-electron chi connectivity index (χ4n) is 2.57. The largest absolute Gasteiger partial charge is 0.310 e. The van der Waals surface area contributed by atoms with Crippen LogP contribution in [0.3, 0.4) is 0 Å². The number of aromatic nitrogens is 2. The first kappa shape index (κ1) is 15.8. The number of aryl methyl sites for hydroxylation is 3. The van der Waals surface area contributed by atoms with Crippen LogP contribution in [0.4, 0.5) is 0 Å². The summed E-state index contributed by atoms with van der Waals surface area (Å²) in [4.78, 5) is 0. The summed E-state index contributed by atoms with van der Waals surface area (Å²) in [6.45, 7) is 7.53. The Balaban J connectivity index is 2.19. The van der Waals surface area contributed by atoms with Gasteiger partial charge in [0.2, 0.25) is 0 Å². The zero-order valence-electron chi connectivity index (χ0n) is 13.7. The number of hydrogen-bond donors (Lipinski definition) is 1. The van der Waals surface area contributed by atoms with Gasteiger partial charge in [-0.3, -0.25) is 4.68 Å². The maximum atomic E-state index is 4.56. The number of hydrogen-bond acceptors (Lipinski definition) is 2. The van der Waals surface area contributed by atoms with E-state index in [9.17, 15) is 0 Å². The van der Waals surface area contributed by atoms with Gasteiger partial charge in [0, 0.05) is 25.2 Å². The highest BCUT2D eigenvalue weighted by atomic mass is 15.3. The standard InChI is InChI=1S/C18H27N3/c1-5-11-19-18(15-9-7-14(3)8-10-15)13-17-12-16(6-2)20-21(17)4/h7-10,12,18-19H,5-6,11,13H2,1-4H3. The smallest absolute Gasteiger partial charge is 0.0624 e. The molecule has 1 unspecified atom stereocenters. The van der Waals surface area contributed by atoms with Crippen LogP contribution in [0.2, 0.25) is 0 Å². The molecule has 0 aliphatic carbocycles. The summed E-state index contributed by atoms with van der Waals surface area (Å²) >= 11 is 0. The first-order chi connectivity index (χ1) is 10.1. The van der Waals surface area contributed by atoms with Crippen molar-refractivity contribution in [1.29, 1.82) is 0 Å². The van der Waals surface area contributed by atoms with Crippen molar-refractivity contribution in [2.45, 2.75) is 46.1 Å². The predicted molar refractivity (Wildman–Crippen MR) is 88.5 cm³/mol. The van der Waals surface area contributed by atoms with E-state index in [0.717, 1.165) is 25.8 Å². The van der Waals surface area contributed by atoms with E-state index in [2.05, 4.69) is 61.5 Å². The third kappa shape index (κ3) is 4.18. The Bertz CT molecular complexity index is 554. The summed E-state index contributed by atoms with van der Waals surface area (Å²) < 4.78 is 2.02. The topological polar surface area (TPSA) is 29.9 Å². The van der Waals surface area contributed by atoms with Crippen molar-refractivity contribution in [3.8, 4) is 0 Å². The monoisotopic (exact) mass is 285 g/mol. The Morgan fingerprint density at radius 2 is 1.90 bits per heavy atom. The lowest BCUT2D eigenvalue weighted by molar-refractivity contribution is 0.512. The minimum atomic E-state index is 0.352. The maximum Gasteiger partial charge on any atom is 0.0624 e. The van der Waals surface area contributed by atoms with Gasteiger partial charge in [0.25, 0.3) is 0 Å². The molecule has 0 spiro atoms. The van der Waals surface area contributed by atoms with Crippen molar-refractivity contribution in [2.24, 2.45) is 7.05 Å². The normalized spacial score (nSPS) is 12.6. The molecule has 1 N–H and O–H groups in total. The lowest BCUT2D eigenvalue weighted by atomic mass is 10.0. The van der Waals surface area contributed by atoms with E-state index in [4.69, 9.17) is 0 Å². The minimum absolute atomic E-state index is 0.352. The van der Waals surface area contributed by atoms with Crippen LogP contribution in [0.15, 0.2) is 30.3 Å². The molecule has 0 saturated carbocycles. The van der Waals surface area contributed by atoms with Crippen LogP contribution in [0.5, 0.6) is 0 Å². The summed E-state index contributed by atoms with van der Waals surface area (Å²) in [7, 11) is 2.04. The van der Waals surface area contributed by atoms with Crippen LogP contribution in [0, 0.1) is 6.92 Å². The molecule has 1 aromatic carbocycles. The average Bonchev–Trinajstić information content (AvgIpc) is 2.85. The second kappa shape index (κ2) is 7.41. The van der Waals surface area contributed by atoms with E-state index in [1.54, 1.807) is 0 Å². The van der Waals surface area contributed by atoms with E-state index >= 15 is 0 Å². The van der Waals surface area contributed by atoms with Crippen molar-refractivity contribution >= 4 is 0 Å². The van der Waals surface area contributed by atoms with Gasteiger partial charge >= 0.3 is 0 Å². The fraction of sp³-hybridized carbons (Fsp3) is 0.500. The van der Waals surface area contributed by atoms with E-state index in [0.29, 0.717) is 6.04 Å². The number of nitrogens with zero attached hydrogens (tertiary/aromatic N) is 2. The highest BCUT2D eigenvalue weighted by Crippen LogP contribution is 2.20. The first-order valence-corrected chi connectivity index (χ1v) is 7.95. The van der Waals surface area contributed by atoms with Crippen molar-refractivity contribution in [3.63, 3.8) is 0 Å². The molecule has 0 saturated heterocycles. The zero-order valence-corrected chi connectivity index (χ0v) is 13.7. The first-order valence-electron chi connectivity index (χ1n) is 7.95. The summed E-state index contributed by atoms with van der Waals surface area (Å²) in [5.41, 5.74) is 5.13. The molecule has 0 amide bonds. The van der Waals surface area contributed by atoms with E-state index in [1.165, 1.54) is 22.5 Å². The number of benzene rings is 1. The van der Waals surface area contributed by atoms with Gasteiger partial charge in [-0.25, -0.2) is 0 Å². The molecule has 3 nitrogen and oxygen atoms in total. The van der Waals surface area contributed by atoms with Gasteiger partial charge in [-0.15, -0.1) is 0 Å². The molecule has 21 heavy (non-hydrogen) atoms. The predicted octanol–water partition coefficient (Wildman–Crippen LogP) is 3.57. The van der Waals surface area contributed by atoms with Crippen molar-refractivity contribution in [1.82, 2.24) is 15.1 Å². The molecule has 1 atom stereocenters. The van der Waals surface area contributed by atoms with Gasteiger partial charge in [-0.2, -0.15) is 5.10 Å². The van der Waals surface area contributed by atoms with Gasteiger partial charge in [-0.1, -0.05) is 43.7 Å². The van der Waals surface area contributed by atoms with E-state index in [-0.39, 0.29) is 0 Å². The van der Waals surface area contributed by atoms with Crippen LogP contribution in [-0.4, -0.2) is 16.3 Å². The van der Waals surface area contributed by atoms with Crippen LogP contribution in [-0.2, 0) is 19.9 Å². The fourth-order valence-corrected chi connectivity index (χ4v) is 2.57. The van der Waals surface area contributed by atoms with Crippen molar-refractivity contribution in [2.75, 3.05) is 6.54 Å². The van der Waals surface area contributed by atoms with Crippen LogP contribution >= 0.6 is 0 Å². The van der Waals surface area contributed by atoms with Gasteiger partial charge in [0.15, 0.2) is 0 Å². The third-order valence-corrected chi connectivity index (χ3v) is 3.92. The molecule has 0 fully saturated rings. The Kier molecular flexibility index (Phi) is 5.57. The second-order valence-electron chi connectivity index (χ2n) is 5.73.